The molecule has 0 aliphatic heterocycles. The largest absolute Gasteiger partial charge is 0.248 e. The van der Waals surface area contributed by atoms with Gasteiger partial charge in [0.25, 0.3) is 0 Å². The summed E-state index contributed by atoms with van der Waals surface area (Å²) in [5.41, 5.74) is 0.422. The van der Waals surface area contributed by atoms with Gasteiger partial charge in [0.05, 0.1) is 12.2 Å². The molecule has 1 saturated carbocycles. The molecule has 1 aliphatic carbocycles. The highest BCUT2D eigenvalue weighted by Gasteiger charge is 2.16. The molecule has 0 aromatic carbocycles. The van der Waals surface area contributed by atoms with Crippen molar-refractivity contribution in [1.29, 1.82) is 5.26 Å². The van der Waals surface area contributed by atoms with Gasteiger partial charge in [-0.15, -0.1) is 5.10 Å². The maximum Gasteiger partial charge on any atom is 0.182 e. The van der Waals surface area contributed by atoms with Crippen molar-refractivity contribution >= 4 is 0 Å². The van der Waals surface area contributed by atoms with Crippen LogP contribution in [0, 0.1) is 11.3 Å². The van der Waals surface area contributed by atoms with Gasteiger partial charge in [-0.25, -0.2) is 4.68 Å². The van der Waals surface area contributed by atoms with Crippen LogP contribution in [0.2, 0.25) is 0 Å². The van der Waals surface area contributed by atoms with E-state index in [0.29, 0.717) is 11.7 Å². The molecule has 0 unspecified atom stereocenters. The molecule has 4 heteroatoms. The maximum atomic E-state index is 8.58. The van der Waals surface area contributed by atoms with E-state index >= 15 is 0 Å². The van der Waals surface area contributed by atoms with Gasteiger partial charge in [0.1, 0.15) is 6.07 Å². The van der Waals surface area contributed by atoms with Gasteiger partial charge in [-0.05, 0) is 12.8 Å². The zero-order chi connectivity index (χ0) is 9.10. The number of hydrogen-bond donors (Lipinski definition) is 0. The van der Waals surface area contributed by atoms with Crippen LogP contribution < -0.4 is 0 Å². The first kappa shape index (κ1) is 8.24. The van der Waals surface area contributed by atoms with Gasteiger partial charge >= 0.3 is 0 Å². The second-order valence-electron chi connectivity index (χ2n) is 3.49. The quantitative estimate of drug-likeness (QED) is 0.653. The lowest BCUT2D eigenvalue weighted by atomic mass is 9.96. The van der Waals surface area contributed by atoms with Crippen LogP contribution in [0.15, 0.2) is 6.20 Å². The molecule has 0 amide bonds. The minimum absolute atomic E-state index is 0.422. The zero-order valence-electron chi connectivity index (χ0n) is 7.48. The molecule has 1 aromatic heterocycles. The van der Waals surface area contributed by atoms with E-state index in [0.717, 1.165) is 0 Å². The smallest absolute Gasteiger partial charge is 0.182 e. The lowest BCUT2D eigenvalue weighted by Gasteiger charge is -2.20. The molecule has 4 nitrogen and oxygen atoms in total. The number of nitriles is 1. The van der Waals surface area contributed by atoms with Crippen molar-refractivity contribution in [3.8, 4) is 6.07 Å². The summed E-state index contributed by atoms with van der Waals surface area (Å²) >= 11 is 0. The SMILES string of the molecule is N#Cc1cn(C2CCCCC2)nn1. The number of nitrogens with zero attached hydrogens (tertiary/aromatic N) is 4. The lowest BCUT2D eigenvalue weighted by molar-refractivity contribution is 0.324. The third-order valence-corrected chi connectivity index (χ3v) is 2.57. The highest BCUT2D eigenvalue weighted by atomic mass is 15.4. The van der Waals surface area contributed by atoms with Crippen molar-refractivity contribution in [2.75, 3.05) is 0 Å². The van der Waals surface area contributed by atoms with Gasteiger partial charge in [-0.3, -0.25) is 0 Å². The molecule has 1 aromatic rings. The third kappa shape index (κ3) is 1.69. The first-order valence-corrected chi connectivity index (χ1v) is 4.72. The average molecular weight is 176 g/mol. The van der Waals surface area contributed by atoms with Crippen LogP contribution in [0.4, 0.5) is 0 Å². The lowest BCUT2D eigenvalue weighted by Crippen LogP contribution is -2.13. The highest BCUT2D eigenvalue weighted by Crippen LogP contribution is 2.26. The zero-order valence-corrected chi connectivity index (χ0v) is 7.48. The van der Waals surface area contributed by atoms with Gasteiger partial charge in [0.15, 0.2) is 5.69 Å². The van der Waals surface area contributed by atoms with Crippen molar-refractivity contribution in [2.24, 2.45) is 0 Å². The van der Waals surface area contributed by atoms with Crippen molar-refractivity contribution < 1.29 is 0 Å². The average Bonchev–Trinajstić information content (AvgIpc) is 2.67. The standard InChI is InChI=1S/C9H12N4/c10-6-8-7-13(12-11-8)9-4-2-1-3-5-9/h7,9H,1-5H2. The van der Waals surface area contributed by atoms with Crippen LogP contribution in [-0.4, -0.2) is 15.0 Å². The molecular weight excluding hydrogens is 164 g/mol. The van der Waals surface area contributed by atoms with Crippen LogP contribution >= 0.6 is 0 Å². The fraction of sp³-hybridized carbons (Fsp3) is 0.667. The predicted molar refractivity (Wildman–Crippen MR) is 46.9 cm³/mol. The van der Waals surface area contributed by atoms with E-state index in [4.69, 9.17) is 5.26 Å². The monoisotopic (exact) mass is 176 g/mol. The molecule has 0 spiro atoms. The second-order valence-corrected chi connectivity index (χ2v) is 3.49. The van der Waals surface area contributed by atoms with Crippen LogP contribution in [-0.2, 0) is 0 Å². The van der Waals surface area contributed by atoms with E-state index in [1.807, 2.05) is 10.8 Å². The second kappa shape index (κ2) is 3.56. The van der Waals surface area contributed by atoms with E-state index in [-0.39, 0.29) is 0 Å². The molecule has 1 heterocycles. The molecule has 0 saturated heterocycles. The van der Waals surface area contributed by atoms with Gasteiger partial charge < -0.3 is 0 Å². The Kier molecular flexibility index (Phi) is 2.26. The molecule has 13 heavy (non-hydrogen) atoms. The van der Waals surface area contributed by atoms with Crippen molar-refractivity contribution in [2.45, 2.75) is 38.1 Å². The van der Waals surface area contributed by atoms with E-state index < -0.39 is 0 Å². The molecule has 0 radical (unpaired) electrons. The fourth-order valence-corrected chi connectivity index (χ4v) is 1.85. The molecule has 1 aliphatic rings. The summed E-state index contributed by atoms with van der Waals surface area (Å²) in [6.45, 7) is 0. The predicted octanol–water partition coefficient (Wildman–Crippen LogP) is 1.65. The van der Waals surface area contributed by atoms with Crippen LogP contribution in [0.5, 0.6) is 0 Å². The molecule has 0 atom stereocenters. The first-order chi connectivity index (χ1) is 6.40. The van der Waals surface area contributed by atoms with Crippen LogP contribution in [0.3, 0.4) is 0 Å². The van der Waals surface area contributed by atoms with Gasteiger partial charge in [0, 0.05) is 0 Å². The number of rotatable bonds is 1. The third-order valence-electron chi connectivity index (χ3n) is 2.57. The molecule has 1 fully saturated rings. The molecule has 68 valence electrons. The van der Waals surface area contributed by atoms with E-state index in [2.05, 4.69) is 10.3 Å². The first-order valence-electron chi connectivity index (χ1n) is 4.72. The van der Waals surface area contributed by atoms with Crippen molar-refractivity contribution in [3.63, 3.8) is 0 Å². The summed E-state index contributed by atoms with van der Waals surface area (Å²) in [5.74, 6) is 0. The van der Waals surface area contributed by atoms with Crippen LogP contribution in [0.25, 0.3) is 0 Å². The maximum absolute atomic E-state index is 8.58. The Morgan fingerprint density at radius 2 is 2.15 bits per heavy atom. The fourth-order valence-electron chi connectivity index (χ4n) is 1.85. The molecule has 2 rings (SSSR count). The number of aromatic nitrogens is 3. The Morgan fingerprint density at radius 3 is 2.77 bits per heavy atom. The number of hydrogen-bond acceptors (Lipinski definition) is 3. The molecule has 0 bridgehead atoms. The van der Waals surface area contributed by atoms with E-state index in [9.17, 15) is 0 Å². The Balaban J connectivity index is 2.11. The molecule has 0 N–H and O–H groups in total. The minimum Gasteiger partial charge on any atom is -0.248 e. The summed E-state index contributed by atoms with van der Waals surface area (Å²) in [4.78, 5) is 0. The highest BCUT2D eigenvalue weighted by molar-refractivity contribution is 5.13. The Labute approximate surface area is 77.2 Å². The van der Waals surface area contributed by atoms with Gasteiger partial charge in [-0.2, -0.15) is 5.26 Å². The van der Waals surface area contributed by atoms with Gasteiger partial charge in [-0.1, -0.05) is 24.5 Å². The summed E-state index contributed by atoms with van der Waals surface area (Å²) in [6.07, 6.45) is 7.97. The Morgan fingerprint density at radius 1 is 1.38 bits per heavy atom. The van der Waals surface area contributed by atoms with E-state index in [1.54, 1.807) is 6.20 Å². The topological polar surface area (TPSA) is 54.5 Å². The summed E-state index contributed by atoms with van der Waals surface area (Å²) in [5, 5.41) is 16.3. The summed E-state index contributed by atoms with van der Waals surface area (Å²) in [7, 11) is 0. The molecular formula is C9H12N4. The van der Waals surface area contributed by atoms with Crippen LogP contribution in [0.1, 0.15) is 43.8 Å². The summed E-state index contributed by atoms with van der Waals surface area (Å²) < 4.78 is 1.84. The van der Waals surface area contributed by atoms with Crippen molar-refractivity contribution in [1.82, 2.24) is 15.0 Å². The summed E-state index contributed by atoms with van der Waals surface area (Å²) in [6, 6.07) is 2.47. The Hall–Kier alpha value is -1.37. The van der Waals surface area contributed by atoms with Gasteiger partial charge in [0.2, 0.25) is 0 Å². The van der Waals surface area contributed by atoms with E-state index in [1.165, 1.54) is 32.1 Å². The normalized spacial score (nSPS) is 18.4. The Bertz CT molecular complexity index is 317. The van der Waals surface area contributed by atoms with Crippen molar-refractivity contribution in [3.05, 3.63) is 11.9 Å². The minimum atomic E-state index is 0.422.